The minimum absolute atomic E-state index is 0.00974. The molecule has 7 aromatic carbocycles. The van der Waals surface area contributed by atoms with E-state index in [0.717, 1.165) is 11.1 Å². The molecule has 0 amide bonds. The largest absolute Gasteiger partial charge is 0.489 e. The molecule has 0 saturated carbocycles. The number of hydrogen-bond donors (Lipinski definition) is 0. The predicted molar refractivity (Wildman–Crippen MR) is 219 cm³/mol. The second kappa shape index (κ2) is 18.7. The number of carbonyl (C=O) groups is 1. The van der Waals surface area contributed by atoms with Gasteiger partial charge in [0.05, 0.1) is 0 Å². The summed E-state index contributed by atoms with van der Waals surface area (Å²) in [5, 5.41) is 0. The number of ether oxygens (including phenoxy) is 7. The summed E-state index contributed by atoms with van der Waals surface area (Å²) >= 11 is 0. The van der Waals surface area contributed by atoms with E-state index in [1.165, 1.54) is 0 Å². The molecular formula is C49H40O8. The van der Waals surface area contributed by atoms with Crippen molar-refractivity contribution in [1.29, 1.82) is 0 Å². The molecule has 284 valence electrons. The van der Waals surface area contributed by atoms with Crippen molar-refractivity contribution < 1.29 is 38.0 Å². The molecule has 0 aliphatic heterocycles. The number of carbonyl (C=O) groups excluding carboxylic acids is 1. The highest BCUT2D eigenvalue weighted by Gasteiger charge is 2.12. The maximum absolute atomic E-state index is 12.3. The van der Waals surface area contributed by atoms with E-state index in [1.54, 1.807) is 13.0 Å². The van der Waals surface area contributed by atoms with Gasteiger partial charge in [0.2, 0.25) is 0 Å². The zero-order valence-electron chi connectivity index (χ0n) is 31.3. The van der Waals surface area contributed by atoms with Gasteiger partial charge in [-0.1, -0.05) is 79.4 Å². The summed E-state index contributed by atoms with van der Waals surface area (Å²) in [6.45, 7) is 5.63. The van der Waals surface area contributed by atoms with Crippen LogP contribution in [-0.2, 0) is 29.4 Å². The molecule has 0 spiro atoms. The number of esters is 1. The van der Waals surface area contributed by atoms with Crippen molar-refractivity contribution in [2.75, 3.05) is 0 Å². The summed E-state index contributed by atoms with van der Waals surface area (Å²) in [7, 11) is 0. The SMILES string of the molecule is C=C(C)C(=O)OCc1cc(OCc2cc(Oc3ccccc3)cc(Oc3ccccc3)c2)cc(OCc2cc(Oc3ccccc3)cc(Oc3ccccc3)c2)c1. The molecule has 0 atom stereocenters. The molecule has 0 heterocycles. The molecule has 0 bridgehead atoms. The third-order valence-corrected chi connectivity index (χ3v) is 8.26. The lowest BCUT2D eigenvalue weighted by molar-refractivity contribution is -0.140. The molecule has 7 aromatic rings. The van der Waals surface area contributed by atoms with E-state index in [1.807, 2.05) is 170 Å². The molecule has 0 aliphatic carbocycles. The quantitative estimate of drug-likeness (QED) is 0.0671. The first-order chi connectivity index (χ1) is 27.9. The molecule has 0 aromatic heterocycles. The van der Waals surface area contributed by atoms with E-state index in [4.69, 9.17) is 33.2 Å². The van der Waals surface area contributed by atoms with Crippen LogP contribution in [0.2, 0.25) is 0 Å². The minimum Gasteiger partial charge on any atom is -0.489 e. The van der Waals surface area contributed by atoms with Gasteiger partial charge in [0.1, 0.15) is 77.3 Å². The Hall–Kier alpha value is -7.45. The fraction of sp³-hybridized carbons (Fsp3) is 0.0816. The highest BCUT2D eigenvalue weighted by Crippen LogP contribution is 2.34. The maximum atomic E-state index is 12.3. The van der Waals surface area contributed by atoms with Gasteiger partial charge in [-0.3, -0.25) is 0 Å². The summed E-state index contributed by atoms with van der Waals surface area (Å²) in [4.78, 5) is 12.3. The van der Waals surface area contributed by atoms with Crippen LogP contribution in [0.5, 0.6) is 57.5 Å². The first kappa shape index (κ1) is 37.8. The number of hydrogen-bond acceptors (Lipinski definition) is 8. The molecule has 8 heteroatoms. The fourth-order valence-corrected chi connectivity index (χ4v) is 5.65. The summed E-state index contributed by atoms with van der Waals surface area (Å²) in [5.41, 5.74) is 2.58. The number of para-hydroxylation sites is 4. The van der Waals surface area contributed by atoms with Gasteiger partial charge in [-0.05, 0) is 109 Å². The second-order valence-corrected chi connectivity index (χ2v) is 13.0. The molecule has 0 radical (unpaired) electrons. The Bertz CT molecular complexity index is 2130. The molecule has 0 fully saturated rings. The second-order valence-electron chi connectivity index (χ2n) is 13.0. The van der Waals surface area contributed by atoms with Crippen molar-refractivity contribution in [3.8, 4) is 57.5 Å². The first-order valence-corrected chi connectivity index (χ1v) is 18.3. The van der Waals surface area contributed by atoms with Crippen LogP contribution in [0.15, 0.2) is 188 Å². The van der Waals surface area contributed by atoms with Crippen LogP contribution in [0.25, 0.3) is 0 Å². The molecule has 0 unspecified atom stereocenters. The smallest absolute Gasteiger partial charge is 0.333 e. The lowest BCUT2D eigenvalue weighted by Gasteiger charge is -2.16. The highest BCUT2D eigenvalue weighted by molar-refractivity contribution is 5.86. The monoisotopic (exact) mass is 756 g/mol. The van der Waals surface area contributed by atoms with Gasteiger partial charge in [0, 0.05) is 23.8 Å². The van der Waals surface area contributed by atoms with Gasteiger partial charge >= 0.3 is 5.97 Å². The van der Waals surface area contributed by atoms with E-state index in [-0.39, 0.29) is 19.8 Å². The zero-order chi connectivity index (χ0) is 39.2. The summed E-state index contributed by atoms with van der Waals surface area (Å²) < 4.78 is 43.0. The molecule has 0 saturated heterocycles. The predicted octanol–water partition coefficient (Wildman–Crippen LogP) is 12.6. The summed E-state index contributed by atoms with van der Waals surface area (Å²) in [6, 6.07) is 54.8. The van der Waals surface area contributed by atoms with Crippen molar-refractivity contribution in [3.63, 3.8) is 0 Å². The third-order valence-electron chi connectivity index (χ3n) is 8.26. The molecular weight excluding hydrogens is 717 g/mol. The van der Waals surface area contributed by atoms with Crippen molar-refractivity contribution >= 4 is 5.97 Å². The van der Waals surface area contributed by atoms with Gasteiger partial charge < -0.3 is 33.2 Å². The Labute approximate surface area is 332 Å². The van der Waals surface area contributed by atoms with E-state index in [9.17, 15) is 4.79 Å². The topological polar surface area (TPSA) is 81.7 Å². The first-order valence-electron chi connectivity index (χ1n) is 18.3. The van der Waals surface area contributed by atoms with E-state index >= 15 is 0 Å². The Balaban J connectivity index is 1.13. The van der Waals surface area contributed by atoms with Crippen LogP contribution in [0, 0.1) is 0 Å². The average Bonchev–Trinajstić information content (AvgIpc) is 3.22. The normalized spacial score (nSPS) is 10.5. The van der Waals surface area contributed by atoms with Crippen LogP contribution in [0.1, 0.15) is 23.6 Å². The zero-order valence-corrected chi connectivity index (χ0v) is 31.3. The van der Waals surface area contributed by atoms with Crippen LogP contribution in [-0.4, -0.2) is 5.97 Å². The lowest BCUT2D eigenvalue weighted by Crippen LogP contribution is -2.06. The van der Waals surface area contributed by atoms with Crippen LogP contribution in [0.4, 0.5) is 0 Å². The van der Waals surface area contributed by atoms with Gasteiger partial charge in [-0.2, -0.15) is 0 Å². The molecule has 7 rings (SSSR count). The van der Waals surface area contributed by atoms with Crippen LogP contribution >= 0.6 is 0 Å². The Morgan fingerprint density at radius 2 is 0.667 bits per heavy atom. The molecule has 0 N–H and O–H groups in total. The summed E-state index contributed by atoms with van der Waals surface area (Å²) in [6.07, 6.45) is 0. The maximum Gasteiger partial charge on any atom is 0.333 e. The van der Waals surface area contributed by atoms with Gasteiger partial charge in [0.15, 0.2) is 0 Å². The van der Waals surface area contributed by atoms with Gasteiger partial charge in [-0.15, -0.1) is 0 Å². The van der Waals surface area contributed by atoms with Crippen LogP contribution < -0.4 is 28.4 Å². The van der Waals surface area contributed by atoms with Crippen molar-refractivity contribution in [1.82, 2.24) is 0 Å². The lowest BCUT2D eigenvalue weighted by atomic mass is 10.2. The highest BCUT2D eigenvalue weighted by atomic mass is 16.5. The van der Waals surface area contributed by atoms with E-state index in [2.05, 4.69) is 6.58 Å². The fourth-order valence-electron chi connectivity index (χ4n) is 5.65. The minimum atomic E-state index is -0.494. The molecule has 8 nitrogen and oxygen atoms in total. The van der Waals surface area contributed by atoms with E-state index in [0.29, 0.717) is 68.6 Å². The molecule has 0 aliphatic rings. The van der Waals surface area contributed by atoms with E-state index < -0.39 is 5.97 Å². The third kappa shape index (κ3) is 11.5. The summed E-state index contributed by atoms with van der Waals surface area (Å²) in [5.74, 6) is 5.63. The Kier molecular flexibility index (Phi) is 12.4. The van der Waals surface area contributed by atoms with Crippen molar-refractivity contribution in [2.45, 2.75) is 26.7 Å². The van der Waals surface area contributed by atoms with Crippen LogP contribution in [0.3, 0.4) is 0 Å². The van der Waals surface area contributed by atoms with Crippen molar-refractivity contribution in [3.05, 3.63) is 205 Å². The Morgan fingerprint density at radius 1 is 0.386 bits per heavy atom. The average molecular weight is 757 g/mol. The number of rotatable bonds is 17. The Morgan fingerprint density at radius 3 is 0.982 bits per heavy atom. The van der Waals surface area contributed by atoms with Gasteiger partial charge in [0.25, 0.3) is 0 Å². The number of benzene rings is 7. The standard InChI is InChI=1S/C49H40O8/c1-35(2)49(50)53-34-36-23-43(51-32-37-25-45(54-39-15-7-3-8-16-39)30-46(26-37)55-40-17-9-4-10-18-40)29-44(24-36)52-33-38-27-47(56-41-19-11-5-12-20-41)31-48(28-38)57-42-21-13-6-14-22-42/h3-31H,1,32-34H2,2H3. The molecule has 57 heavy (non-hydrogen) atoms. The van der Waals surface area contributed by atoms with Crippen molar-refractivity contribution in [2.24, 2.45) is 0 Å². The van der Waals surface area contributed by atoms with Gasteiger partial charge in [-0.25, -0.2) is 4.79 Å².